The SMILES string of the molecule is Cc1ccc(CSc2nc(Oc3ccc(F)cc3F)cc(C(F)(F)F)n2)cc1. The van der Waals surface area contributed by atoms with Crippen LogP contribution in [0.3, 0.4) is 0 Å². The molecule has 0 bridgehead atoms. The van der Waals surface area contributed by atoms with Crippen LogP contribution in [0.25, 0.3) is 0 Å². The Bertz CT molecular complexity index is 977. The van der Waals surface area contributed by atoms with Crippen molar-refractivity contribution in [3.63, 3.8) is 0 Å². The van der Waals surface area contributed by atoms with Crippen molar-refractivity contribution >= 4 is 11.8 Å². The second kappa shape index (κ2) is 8.14. The van der Waals surface area contributed by atoms with Gasteiger partial charge in [0.2, 0.25) is 5.88 Å². The Hall–Kier alpha value is -2.68. The Balaban J connectivity index is 1.87. The van der Waals surface area contributed by atoms with Crippen LogP contribution in [0.4, 0.5) is 22.0 Å². The maximum Gasteiger partial charge on any atom is 0.433 e. The molecule has 0 spiro atoms. The van der Waals surface area contributed by atoms with E-state index in [0.717, 1.165) is 35.0 Å². The molecular formula is C19H13F5N2OS. The highest BCUT2D eigenvalue weighted by Crippen LogP contribution is 2.33. The zero-order valence-corrected chi connectivity index (χ0v) is 15.2. The van der Waals surface area contributed by atoms with E-state index in [0.29, 0.717) is 17.9 Å². The summed E-state index contributed by atoms with van der Waals surface area (Å²) >= 11 is 0.985. The van der Waals surface area contributed by atoms with Crippen molar-refractivity contribution in [2.75, 3.05) is 0 Å². The summed E-state index contributed by atoms with van der Waals surface area (Å²) < 4.78 is 71.3. The van der Waals surface area contributed by atoms with Gasteiger partial charge in [0.25, 0.3) is 0 Å². The molecule has 0 amide bonds. The van der Waals surface area contributed by atoms with Crippen molar-refractivity contribution < 1.29 is 26.7 Å². The molecule has 0 atom stereocenters. The Morgan fingerprint density at radius 1 is 0.964 bits per heavy atom. The summed E-state index contributed by atoms with van der Waals surface area (Å²) in [6.45, 7) is 1.92. The molecule has 3 aromatic rings. The first-order chi connectivity index (χ1) is 13.2. The average Bonchev–Trinajstić information content (AvgIpc) is 2.63. The van der Waals surface area contributed by atoms with Gasteiger partial charge in [-0.05, 0) is 24.6 Å². The van der Waals surface area contributed by atoms with Crippen molar-refractivity contribution in [3.05, 3.63) is 77.0 Å². The van der Waals surface area contributed by atoms with E-state index >= 15 is 0 Å². The van der Waals surface area contributed by atoms with Gasteiger partial charge in [0.1, 0.15) is 5.82 Å². The van der Waals surface area contributed by atoms with Crippen LogP contribution in [0, 0.1) is 18.6 Å². The highest BCUT2D eigenvalue weighted by atomic mass is 32.2. The molecule has 2 aromatic carbocycles. The van der Waals surface area contributed by atoms with Gasteiger partial charge in [-0.1, -0.05) is 41.6 Å². The number of halogens is 5. The zero-order chi connectivity index (χ0) is 20.3. The number of alkyl halides is 3. The number of rotatable bonds is 5. The number of ether oxygens (including phenoxy) is 1. The number of hydrogen-bond acceptors (Lipinski definition) is 4. The van der Waals surface area contributed by atoms with Gasteiger partial charge in [0, 0.05) is 17.9 Å². The first-order valence-electron chi connectivity index (χ1n) is 7.98. The van der Waals surface area contributed by atoms with Gasteiger partial charge >= 0.3 is 6.18 Å². The first-order valence-corrected chi connectivity index (χ1v) is 8.97. The summed E-state index contributed by atoms with van der Waals surface area (Å²) in [5.74, 6) is -2.48. The average molecular weight is 412 g/mol. The summed E-state index contributed by atoms with van der Waals surface area (Å²) in [7, 11) is 0. The van der Waals surface area contributed by atoms with E-state index in [2.05, 4.69) is 9.97 Å². The molecule has 9 heteroatoms. The molecule has 0 N–H and O–H groups in total. The lowest BCUT2D eigenvalue weighted by Gasteiger charge is -2.11. The van der Waals surface area contributed by atoms with E-state index < -0.39 is 35.1 Å². The van der Waals surface area contributed by atoms with Gasteiger partial charge in [-0.15, -0.1) is 0 Å². The smallest absolute Gasteiger partial charge is 0.433 e. The Labute approximate surface area is 161 Å². The minimum absolute atomic E-state index is 0.173. The highest BCUT2D eigenvalue weighted by molar-refractivity contribution is 7.98. The van der Waals surface area contributed by atoms with Gasteiger partial charge in [0.15, 0.2) is 22.4 Å². The number of thioether (sulfide) groups is 1. The molecular weight excluding hydrogens is 399 g/mol. The molecule has 0 radical (unpaired) electrons. The molecule has 3 rings (SSSR count). The quantitative estimate of drug-likeness (QED) is 0.285. The summed E-state index contributed by atoms with van der Waals surface area (Å²) in [6, 6.07) is 10.5. The van der Waals surface area contributed by atoms with Crippen molar-refractivity contribution in [2.24, 2.45) is 0 Å². The molecule has 0 unspecified atom stereocenters. The van der Waals surface area contributed by atoms with E-state index in [-0.39, 0.29) is 5.16 Å². The minimum Gasteiger partial charge on any atom is -0.436 e. The standard InChI is InChI=1S/C19H13F5N2OS/c1-11-2-4-12(5-3-11)10-28-18-25-16(19(22,23)24)9-17(26-18)27-15-7-6-13(20)8-14(15)21/h2-9H,10H2,1H3. The van der Waals surface area contributed by atoms with Crippen LogP contribution in [0.1, 0.15) is 16.8 Å². The van der Waals surface area contributed by atoms with Gasteiger partial charge in [-0.3, -0.25) is 0 Å². The maximum absolute atomic E-state index is 13.7. The normalized spacial score (nSPS) is 11.5. The fraction of sp³-hybridized carbons (Fsp3) is 0.158. The monoisotopic (exact) mass is 412 g/mol. The molecule has 0 saturated carbocycles. The predicted molar refractivity (Wildman–Crippen MR) is 94.2 cm³/mol. The van der Waals surface area contributed by atoms with E-state index in [9.17, 15) is 22.0 Å². The molecule has 0 saturated heterocycles. The summed E-state index contributed by atoms with van der Waals surface area (Å²) in [5.41, 5.74) is 0.719. The van der Waals surface area contributed by atoms with E-state index in [1.165, 1.54) is 0 Å². The summed E-state index contributed by atoms with van der Waals surface area (Å²) in [6.07, 6.45) is -4.73. The van der Waals surface area contributed by atoms with Crippen LogP contribution in [0.5, 0.6) is 11.6 Å². The minimum atomic E-state index is -4.73. The predicted octanol–water partition coefficient (Wildman–Crippen LogP) is 6.17. The van der Waals surface area contributed by atoms with Gasteiger partial charge in [-0.25, -0.2) is 13.8 Å². The molecule has 1 aromatic heterocycles. The maximum atomic E-state index is 13.7. The van der Waals surface area contributed by atoms with Crippen molar-refractivity contribution in [2.45, 2.75) is 24.0 Å². The topological polar surface area (TPSA) is 35.0 Å². The van der Waals surface area contributed by atoms with Crippen molar-refractivity contribution in [3.8, 4) is 11.6 Å². The second-order valence-corrected chi connectivity index (χ2v) is 6.77. The largest absolute Gasteiger partial charge is 0.436 e. The lowest BCUT2D eigenvalue weighted by molar-refractivity contribution is -0.141. The first kappa shape index (κ1) is 20.1. The highest BCUT2D eigenvalue weighted by Gasteiger charge is 2.34. The fourth-order valence-corrected chi connectivity index (χ4v) is 2.97. The van der Waals surface area contributed by atoms with Gasteiger partial charge in [0.05, 0.1) is 0 Å². The molecule has 0 aliphatic carbocycles. The molecule has 1 heterocycles. The molecule has 0 aliphatic rings. The van der Waals surface area contributed by atoms with Crippen molar-refractivity contribution in [1.29, 1.82) is 0 Å². The Morgan fingerprint density at radius 2 is 1.68 bits per heavy atom. The van der Waals surface area contributed by atoms with Crippen LogP contribution in [-0.2, 0) is 11.9 Å². The number of nitrogens with zero attached hydrogens (tertiary/aromatic N) is 2. The van der Waals surface area contributed by atoms with E-state index in [1.807, 2.05) is 31.2 Å². The fourth-order valence-electron chi connectivity index (χ4n) is 2.17. The zero-order valence-electron chi connectivity index (χ0n) is 14.4. The number of aryl methyl sites for hydroxylation is 1. The number of benzene rings is 2. The molecule has 3 nitrogen and oxygen atoms in total. The van der Waals surface area contributed by atoms with Crippen LogP contribution in [0.2, 0.25) is 0 Å². The lowest BCUT2D eigenvalue weighted by Crippen LogP contribution is -2.10. The van der Waals surface area contributed by atoms with Crippen molar-refractivity contribution in [1.82, 2.24) is 9.97 Å². The Morgan fingerprint density at radius 3 is 2.32 bits per heavy atom. The van der Waals surface area contributed by atoms with Crippen LogP contribution < -0.4 is 4.74 Å². The van der Waals surface area contributed by atoms with E-state index in [1.54, 1.807) is 0 Å². The summed E-state index contributed by atoms with van der Waals surface area (Å²) in [4.78, 5) is 7.42. The molecule has 146 valence electrons. The Kier molecular flexibility index (Phi) is 5.83. The number of aromatic nitrogens is 2. The number of hydrogen-bond donors (Lipinski definition) is 0. The summed E-state index contributed by atoms with van der Waals surface area (Å²) in [5, 5.41) is -0.173. The third kappa shape index (κ3) is 5.19. The lowest BCUT2D eigenvalue weighted by atomic mass is 10.2. The van der Waals surface area contributed by atoms with Crippen LogP contribution in [0.15, 0.2) is 53.7 Å². The van der Waals surface area contributed by atoms with E-state index in [4.69, 9.17) is 4.74 Å². The van der Waals surface area contributed by atoms with Gasteiger partial charge in [-0.2, -0.15) is 18.2 Å². The third-order valence-corrected chi connectivity index (χ3v) is 4.49. The third-order valence-electron chi connectivity index (χ3n) is 3.57. The molecule has 0 aliphatic heterocycles. The second-order valence-electron chi connectivity index (χ2n) is 5.82. The van der Waals surface area contributed by atoms with Crippen LogP contribution >= 0.6 is 11.8 Å². The molecule has 28 heavy (non-hydrogen) atoms. The van der Waals surface area contributed by atoms with Crippen LogP contribution in [-0.4, -0.2) is 9.97 Å². The van der Waals surface area contributed by atoms with Gasteiger partial charge < -0.3 is 4.74 Å². The molecule has 0 fully saturated rings.